The predicted octanol–water partition coefficient (Wildman–Crippen LogP) is 0.921. The fourth-order valence-corrected chi connectivity index (χ4v) is 1.95. The van der Waals surface area contributed by atoms with E-state index in [0.717, 1.165) is 0 Å². The van der Waals surface area contributed by atoms with Crippen molar-refractivity contribution in [3.63, 3.8) is 0 Å². The van der Waals surface area contributed by atoms with Crippen molar-refractivity contribution in [3.05, 3.63) is 44.7 Å². The van der Waals surface area contributed by atoms with Gasteiger partial charge in [0.05, 0.1) is 10.4 Å². The highest BCUT2D eigenvalue weighted by Gasteiger charge is 2.12. The predicted molar refractivity (Wildman–Crippen MR) is 76.9 cm³/mol. The lowest BCUT2D eigenvalue weighted by Gasteiger charge is -2.10. The zero-order chi connectivity index (χ0) is 16.3. The van der Waals surface area contributed by atoms with Crippen molar-refractivity contribution in [1.82, 2.24) is 4.57 Å². The Morgan fingerprint density at radius 3 is 2.73 bits per heavy atom. The molecule has 1 aromatic carbocycles. The molecule has 0 aliphatic heterocycles. The first-order valence-electron chi connectivity index (χ1n) is 6.23. The molecule has 0 saturated heterocycles. The van der Waals surface area contributed by atoms with E-state index in [1.54, 1.807) is 0 Å². The zero-order valence-electron chi connectivity index (χ0n) is 11.6. The first-order chi connectivity index (χ1) is 10.4. The number of ether oxygens (including phenoxy) is 2. The van der Waals surface area contributed by atoms with Crippen LogP contribution in [0.2, 0.25) is 0 Å². The number of pyridine rings is 1. The summed E-state index contributed by atoms with van der Waals surface area (Å²) in [7, 11) is 1.53. The van der Waals surface area contributed by atoms with Gasteiger partial charge in [0.1, 0.15) is 13.2 Å². The Kier molecular flexibility index (Phi) is 4.25. The van der Waals surface area contributed by atoms with Crippen LogP contribution >= 0.6 is 0 Å². The summed E-state index contributed by atoms with van der Waals surface area (Å²) in [6, 6.07) is 5.58. The van der Waals surface area contributed by atoms with E-state index in [9.17, 15) is 19.7 Å². The molecule has 9 nitrogen and oxygen atoms in total. The molecule has 9 heteroatoms. The Balaban J connectivity index is 2.34. The Bertz CT molecular complexity index is 798. The molecule has 116 valence electrons. The number of nitrogens with zero attached hydrogens (tertiary/aromatic N) is 2. The maximum atomic E-state index is 12.1. The number of fused-ring (bicyclic) bond motifs is 1. The summed E-state index contributed by atoms with van der Waals surface area (Å²) < 4.78 is 11.1. The average molecular weight is 307 g/mol. The summed E-state index contributed by atoms with van der Waals surface area (Å²) in [6.07, 6.45) is -0.939. The highest BCUT2D eigenvalue weighted by molar-refractivity contribution is 5.82. The standard InChI is InChI=1S/C13H13N3O6/c1-15-10-3-2-9(16(19)20)6-8(10)7-11(12(15)17)21-4-5-22-13(14)18/h2-3,6-7H,4-5H2,1H3,(H2,14,18). The largest absolute Gasteiger partial charge is 0.484 e. The highest BCUT2D eigenvalue weighted by atomic mass is 16.6. The number of aryl methyl sites for hydroxylation is 1. The quantitative estimate of drug-likeness (QED) is 0.497. The van der Waals surface area contributed by atoms with E-state index >= 15 is 0 Å². The van der Waals surface area contributed by atoms with Gasteiger partial charge in [-0.05, 0) is 12.1 Å². The van der Waals surface area contributed by atoms with Gasteiger partial charge in [-0.3, -0.25) is 14.9 Å². The van der Waals surface area contributed by atoms with Crippen LogP contribution in [0.3, 0.4) is 0 Å². The second kappa shape index (κ2) is 6.12. The van der Waals surface area contributed by atoms with Crippen molar-refractivity contribution in [2.75, 3.05) is 13.2 Å². The summed E-state index contributed by atoms with van der Waals surface area (Å²) in [6.45, 7) is -0.163. The van der Waals surface area contributed by atoms with E-state index in [1.165, 1.54) is 35.9 Å². The molecular formula is C13H13N3O6. The molecule has 0 radical (unpaired) electrons. The van der Waals surface area contributed by atoms with Gasteiger partial charge in [0.15, 0.2) is 5.75 Å². The molecule has 0 bridgehead atoms. The highest BCUT2D eigenvalue weighted by Crippen LogP contribution is 2.22. The lowest BCUT2D eigenvalue weighted by atomic mass is 10.2. The topological polar surface area (TPSA) is 127 Å². The molecule has 0 spiro atoms. The SMILES string of the molecule is Cn1c(=O)c(OCCOC(N)=O)cc2cc([N+](=O)[O-])ccc21. The van der Waals surface area contributed by atoms with Crippen molar-refractivity contribution in [3.8, 4) is 5.75 Å². The summed E-state index contributed by atoms with van der Waals surface area (Å²) in [4.78, 5) is 32.8. The number of amides is 1. The van der Waals surface area contributed by atoms with E-state index in [4.69, 9.17) is 10.5 Å². The second-order valence-electron chi connectivity index (χ2n) is 4.39. The number of rotatable bonds is 5. The van der Waals surface area contributed by atoms with Crippen LogP contribution in [0.5, 0.6) is 5.75 Å². The minimum absolute atomic E-state index is 0.00330. The summed E-state index contributed by atoms with van der Waals surface area (Å²) in [5.41, 5.74) is 4.85. The summed E-state index contributed by atoms with van der Waals surface area (Å²) in [5, 5.41) is 11.3. The first-order valence-corrected chi connectivity index (χ1v) is 6.23. The molecule has 2 rings (SSSR count). The minimum atomic E-state index is -0.939. The second-order valence-corrected chi connectivity index (χ2v) is 4.39. The van der Waals surface area contributed by atoms with Gasteiger partial charge < -0.3 is 19.8 Å². The number of hydrogen-bond acceptors (Lipinski definition) is 6. The van der Waals surface area contributed by atoms with Crippen LogP contribution < -0.4 is 16.0 Å². The molecule has 0 fully saturated rings. The van der Waals surface area contributed by atoms with Crippen molar-refractivity contribution in [2.24, 2.45) is 12.8 Å². The minimum Gasteiger partial charge on any atom is -0.484 e. The fourth-order valence-electron chi connectivity index (χ4n) is 1.95. The van der Waals surface area contributed by atoms with Gasteiger partial charge >= 0.3 is 6.09 Å². The van der Waals surface area contributed by atoms with Gasteiger partial charge in [0, 0.05) is 24.6 Å². The molecule has 2 aromatic rings. The fraction of sp³-hybridized carbons (Fsp3) is 0.231. The molecule has 1 amide bonds. The first kappa shape index (κ1) is 15.3. The molecule has 0 aliphatic carbocycles. The smallest absolute Gasteiger partial charge is 0.404 e. The number of primary amides is 1. The van der Waals surface area contributed by atoms with Gasteiger partial charge in [-0.15, -0.1) is 0 Å². The lowest BCUT2D eigenvalue weighted by molar-refractivity contribution is -0.384. The Hall–Kier alpha value is -3.10. The molecule has 0 atom stereocenters. The number of benzene rings is 1. The van der Waals surface area contributed by atoms with Gasteiger partial charge in [0.2, 0.25) is 0 Å². The van der Waals surface area contributed by atoms with Crippen molar-refractivity contribution in [2.45, 2.75) is 0 Å². The average Bonchev–Trinajstić information content (AvgIpc) is 2.47. The van der Waals surface area contributed by atoms with Gasteiger partial charge in [0.25, 0.3) is 11.2 Å². The number of aromatic nitrogens is 1. The van der Waals surface area contributed by atoms with E-state index in [1.807, 2.05) is 0 Å². The van der Waals surface area contributed by atoms with E-state index in [-0.39, 0.29) is 24.7 Å². The Labute approximate surface area is 124 Å². The third-order valence-corrected chi connectivity index (χ3v) is 2.97. The molecule has 0 aliphatic rings. The monoisotopic (exact) mass is 307 g/mol. The van der Waals surface area contributed by atoms with Crippen LogP contribution in [-0.2, 0) is 11.8 Å². The van der Waals surface area contributed by atoms with Gasteiger partial charge in [-0.25, -0.2) is 4.79 Å². The van der Waals surface area contributed by atoms with E-state index in [2.05, 4.69) is 4.74 Å². The number of nitro benzene ring substituents is 1. The number of carbonyl (C=O) groups excluding carboxylic acids is 1. The molecule has 2 N–H and O–H groups in total. The third-order valence-electron chi connectivity index (χ3n) is 2.97. The van der Waals surface area contributed by atoms with Crippen molar-refractivity contribution < 1.29 is 19.2 Å². The lowest BCUT2D eigenvalue weighted by Crippen LogP contribution is -2.22. The van der Waals surface area contributed by atoms with E-state index < -0.39 is 16.6 Å². The number of nitrogens with two attached hydrogens (primary N) is 1. The van der Waals surface area contributed by atoms with Crippen LogP contribution in [0.1, 0.15) is 0 Å². The zero-order valence-corrected chi connectivity index (χ0v) is 11.6. The summed E-state index contributed by atoms with van der Waals surface area (Å²) >= 11 is 0. The maximum Gasteiger partial charge on any atom is 0.404 e. The third kappa shape index (κ3) is 3.14. The number of nitro groups is 1. The van der Waals surface area contributed by atoms with Crippen LogP contribution in [0.25, 0.3) is 10.9 Å². The summed E-state index contributed by atoms with van der Waals surface area (Å²) in [5.74, 6) is 0.00330. The van der Waals surface area contributed by atoms with Crippen molar-refractivity contribution in [1.29, 1.82) is 0 Å². The Morgan fingerprint density at radius 2 is 2.09 bits per heavy atom. The maximum absolute atomic E-state index is 12.1. The van der Waals surface area contributed by atoms with Crippen LogP contribution in [0.4, 0.5) is 10.5 Å². The Morgan fingerprint density at radius 1 is 1.36 bits per heavy atom. The number of hydrogen-bond donors (Lipinski definition) is 1. The number of carbonyl (C=O) groups is 1. The van der Waals surface area contributed by atoms with Crippen LogP contribution in [0, 0.1) is 10.1 Å². The van der Waals surface area contributed by atoms with Crippen molar-refractivity contribution >= 4 is 22.7 Å². The molecular weight excluding hydrogens is 294 g/mol. The number of non-ortho nitro benzene ring substituents is 1. The van der Waals surface area contributed by atoms with Gasteiger partial charge in [-0.2, -0.15) is 0 Å². The normalized spacial score (nSPS) is 10.4. The molecule has 22 heavy (non-hydrogen) atoms. The van der Waals surface area contributed by atoms with Crippen LogP contribution in [-0.4, -0.2) is 28.8 Å². The van der Waals surface area contributed by atoms with Crippen LogP contribution in [0.15, 0.2) is 29.1 Å². The van der Waals surface area contributed by atoms with E-state index in [0.29, 0.717) is 10.9 Å². The molecule has 1 aromatic heterocycles. The van der Waals surface area contributed by atoms with Gasteiger partial charge in [-0.1, -0.05) is 0 Å². The molecule has 0 unspecified atom stereocenters. The molecule has 1 heterocycles. The molecule has 0 saturated carbocycles.